The minimum Gasteiger partial charge on any atom is -0.444 e. The van der Waals surface area contributed by atoms with Crippen molar-refractivity contribution in [1.29, 1.82) is 0 Å². The molecule has 0 N–H and O–H groups in total. The zero-order valence-electron chi connectivity index (χ0n) is 20.6. The molecule has 5 rings (SSSR count). The Morgan fingerprint density at radius 2 is 1.78 bits per heavy atom. The third kappa shape index (κ3) is 4.43. The number of ether oxygens (including phenoxy) is 1. The second-order valence-corrected chi connectivity index (χ2v) is 10.2. The highest BCUT2D eigenvalue weighted by Gasteiger charge is 2.28. The third-order valence-corrected chi connectivity index (χ3v) is 6.37. The van der Waals surface area contributed by atoms with Gasteiger partial charge < -0.3 is 9.64 Å². The van der Waals surface area contributed by atoms with E-state index < -0.39 is 22.8 Å². The van der Waals surface area contributed by atoms with Gasteiger partial charge in [0.15, 0.2) is 0 Å². The quantitative estimate of drug-likeness (QED) is 0.399. The summed E-state index contributed by atoms with van der Waals surface area (Å²) in [4.78, 5) is 31.5. The number of halogens is 2. The summed E-state index contributed by atoms with van der Waals surface area (Å²) >= 11 is 0. The number of nitrogens with zero attached hydrogens (tertiary/aromatic N) is 5. The van der Waals surface area contributed by atoms with Crippen LogP contribution in [0.4, 0.5) is 13.6 Å². The van der Waals surface area contributed by atoms with Gasteiger partial charge in [0.2, 0.25) is 0 Å². The van der Waals surface area contributed by atoms with Crippen LogP contribution in [-0.2, 0) is 11.8 Å². The maximum atomic E-state index is 15.3. The van der Waals surface area contributed by atoms with Gasteiger partial charge in [0.1, 0.15) is 22.6 Å². The minimum atomic E-state index is -0.758. The Morgan fingerprint density at radius 1 is 1.06 bits per heavy atom. The molecule has 36 heavy (non-hydrogen) atoms. The molecule has 3 heterocycles. The summed E-state index contributed by atoms with van der Waals surface area (Å²) in [5.74, 6) is -1.30. The lowest BCUT2D eigenvalue weighted by molar-refractivity contribution is 0.0187. The molecule has 0 unspecified atom stereocenters. The van der Waals surface area contributed by atoms with Crippen molar-refractivity contribution in [3.05, 3.63) is 58.8 Å². The third-order valence-electron chi connectivity index (χ3n) is 6.37. The Morgan fingerprint density at radius 3 is 2.47 bits per heavy atom. The molecule has 0 atom stereocenters. The van der Waals surface area contributed by atoms with Crippen molar-refractivity contribution in [3.8, 4) is 11.1 Å². The molecule has 188 valence electrons. The molecular weight excluding hydrogens is 468 g/mol. The van der Waals surface area contributed by atoms with E-state index in [9.17, 15) is 14.0 Å². The van der Waals surface area contributed by atoms with E-state index in [-0.39, 0.29) is 28.6 Å². The summed E-state index contributed by atoms with van der Waals surface area (Å²) in [6.45, 7) is 6.26. The SMILES string of the molecule is Cn1cc2cc(-c3cc(F)c4c(=O)n(C5CCN(C(=O)OC(C)(C)C)CC5)cnc4c3)c(F)cc2n1. The first-order valence-corrected chi connectivity index (χ1v) is 11.8. The number of hydrogen-bond acceptors (Lipinski definition) is 5. The van der Waals surface area contributed by atoms with E-state index in [0.29, 0.717) is 37.0 Å². The smallest absolute Gasteiger partial charge is 0.410 e. The zero-order chi connectivity index (χ0) is 25.8. The van der Waals surface area contributed by atoms with Gasteiger partial charge in [-0.1, -0.05) is 0 Å². The monoisotopic (exact) mass is 495 g/mol. The fourth-order valence-electron chi connectivity index (χ4n) is 4.67. The molecule has 0 saturated carbocycles. The average Bonchev–Trinajstić information content (AvgIpc) is 3.16. The van der Waals surface area contributed by atoms with Crippen LogP contribution in [0.15, 0.2) is 41.6 Å². The van der Waals surface area contributed by atoms with Gasteiger partial charge >= 0.3 is 6.09 Å². The van der Waals surface area contributed by atoms with Crippen LogP contribution in [0.5, 0.6) is 0 Å². The fourth-order valence-corrected chi connectivity index (χ4v) is 4.67. The standard InChI is InChI=1S/C26H27F2N5O3/c1-26(2,3)36-25(35)32-7-5-17(6-8-32)33-14-29-22-11-15(10-20(28)23(22)24(33)34)18-9-16-13-31(4)30-21(16)12-19(18)27/h9-14,17H,5-8H2,1-4H3. The Kier molecular flexibility index (Phi) is 5.77. The molecule has 8 nitrogen and oxygen atoms in total. The van der Waals surface area contributed by atoms with E-state index in [2.05, 4.69) is 10.1 Å². The summed E-state index contributed by atoms with van der Waals surface area (Å²) in [5, 5.41) is 4.77. The number of fused-ring (bicyclic) bond motifs is 2. The number of aromatic nitrogens is 4. The molecule has 2 aromatic heterocycles. The molecule has 0 radical (unpaired) electrons. The molecule has 0 spiro atoms. The average molecular weight is 496 g/mol. The molecule has 1 fully saturated rings. The number of rotatable bonds is 2. The molecular formula is C26H27F2N5O3. The van der Waals surface area contributed by atoms with Crippen LogP contribution in [0.3, 0.4) is 0 Å². The summed E-state index contributed by atoms with van der Waals surface area (Å²) in [6, 6.07) is 5.38. The maximum Gasteiger partial charge on any atom is 0.410 e. The molecule has 0 bridgehead atoms. The molecule has 1 aliphatic rings. The minimum absolute atomic E-state index is 0.140. The molecule has 1 amide bonds. The number of likely N-dealkylation sites (tertiary alicyclic amines) is 1. The molecule has 1 aliphatic heterocycles. The van der Waals surface area contributed by atoms with Crippen LogP contribution in [0.2, 0.25) is 0 Å². The van der Waals surface area contributed by atoms with Crippen molar-refractivity contribution < 1.29 is 18.3 Å². The number of carbonyl (C=O) groups is 1. The maximum absolute atomic E-state index is 15.3. The number of piperidine rings is 1. The van der Waals surface area contributed by atoms with Gasteiger partial charge in [0.25, 0.3) is 5.56 Å². The van der Waals surface area contributed by atoms with Crippen molar-refractivity contribution >= 4 is 27.9 Å². The lowest BCUT2D eigenvalue weighted by Gasteiger charge is -2.34. The van der Waals surface area contributed by atoms with E-state index in [1.807, 2.05) is 20.8 Å². The van der Waals surface area contributed by atoms with Gasteiger partial charge in [-0.05, 0) is 57.4 Å². The van der Waals surface area contributed by atoms with Crippen LogP contribution < -0.4 is 5.56 Å². The summed E-state index contributed by atoms with van der Waals surface area (Å²) in [7, 11) is 1.74. The van der Waals surface area contributed by atoms with Crippen molar-refractivity contribution in [2.45, 2.75) is 45.3 Å². The van der Waals surface area contributed by atoms with Crippen LogP contribution in [-0.4, -0.2) is 49.0 Å². The Balaban J connectivity index is 1.43. The van der Waals surface area contributed by atoms with Crippen molar-refractivity contribution in [2.24, 2.45) is 7.05 Å². The number of carbonyl (C=O) groups excluding carboxylic acids is 1. The highest BCUT2D eigenvalue weighted by molar-refractivity contribution is 5.88. The molecule has 10 heteroatoms. The predicted octanol–water partition coefficient (Wildman–Crippen LogP) is 4.80. The highest BCUT2D eigenvalue weighted by Crippen LogP contribution is 2.30. The Hall–Kier alpha value is -3.82. The van der Waals surface area contributed by atoms with E-state index in [1.165, 1.54) is 29.1 Å². The summed E-state index contributed by atoms with van der Waals surface area (Å²) in [6.07, 6.45) is 3.80. The van der Waals surface area contributed by atoms with Crippen molar-refractivity contribution in [1.82, 2.24) is 24.2 Å². The number of amides is 1. The largest absolute Gasteiger partial charge is 0.444 e. The first-order chi connectivity index (χ1) is 17.0. The van der Waals surface area contributed by atoms with Crippen LogP contribution in [0.1, 0.15) is 39.7 Å². The zero-order valence-corrected chi connectivity index (χ0v) is 20.6. The lowest BCUT2D eigenvalue weighted by atomic mass is 10.0. The second-order valence-electron chi connectivity index (χ2n) is 10.2. The summed E-state index contributed by atoms with van der Waals surface area (Å²) in [5.41, 5.74) is 0.0658. The first kappa shape index (κ1) is 23.9. The van der Waals surface area contributed by atoms with Crippen LogP contribution in [0.25, 0.3) is 32.9 Å². The van der Waals surface area contributed by atoms with Gasteiger partial charge in [0, 0.05) is 49.4 Å². The molecule has 4 aromatic rings. The molecule has 0 aliphatic carbocycles. The van der Waals surface area contributed by atoms with Crippen molar-refractivity contribution in [2.75, 3.05) is 13.1 Å². The van der Waals surface area contributed by atoms with Gasteiger partial charge in [-0.15, -0.1) is 0 Å². The van der Waals surface area contributed by atoms with Crippen LogP contribution >= 0.6 is 0 Å². The summed E-state index contributed by atoms with van der Waals surface area (Å²) < 4.78 is 38.5. The fraction of sp³-hybridized carbons (Fsp3) is 0.385. The molecule has 1 saturated heterocycles. The molecule has 2 aromatic carbocycles. The van der Waals surface area contributed by atoms with Gasteiger partial charge in [-0.3, -0.25) is 14.0 Å². The second kappa shape index (κ2) is 8.69. The van der Waals surface area contributed by atoms with Crippen LogP contribution in [0, 0.1) is 11.6 Å². The Labute approximate surface area is 206 Å². The number of aryl methyl sites for hydroxylation is 1. The van der Waals surface area contributed by atoms with Gasteiger partial charge in [-0.25, -0.2) is 18.6 Å². The first-order valence-electron chi connectivity index (χ1n) is 11.8. The number of hydrogen-bond donors (Lipinski definition) is 0. The van der Waals surface area contributed by atoms with E-state index in [1.54, 1.807) is 28.9 Å². The highest BCUT2D eigenvalue weighted by atomic mass is 19.1. The Bertz CT molecular complexity index is 1550. The lowest BCUT2D eigenvalue weighted by Crippen LogP contribution is -2.43. The van der Waals surface area contributed by atoms with Gasteiger partial charge in [-0.2, -0.15) is 5.10 Å². The predicted molar refractivity (Wildman–Crippen MR) is 132 cm³/mol. The van der Waals surface area contributed by atoms with Crippen molar-refractivity contribution in [3.63, 3.8) is 0 Å². The van der Waals surface area contributed by atoms with Gasteiger partial charge in [0.05, 0.1) is 17.4 Å². The number of benzene rings is 2. The normalized spacial score (nSPS) is 15.1. The van der Waals surface area contributed by atoms with E-state index in [0.717, 1.165) is 5.39 Å². The topological polar surface area (TPSA) is 82.2 Å². The van der Waals surface area contributed by atoms with E-state index in [4.69, 9.17) is 4.74 Å². The van der Waals surface area contributed by atoms with E-state index >= 15 is 4.39 Å².